The third-order valence-electron chi connectivity index (χ3n) is 7.29. The van der Waals surface area contributed by atoms with Crippen LogP contribution in [0.2, 0.25) is 10.0 Å². The molecule has 2 heterocycles. The molecule has 2 atom stereocenters. The van der Waals surface area contributed by atoms with E-state index in [1.807, 2.05) is 42.5 Å². The summed E-state index contributed by atoms with van der Waals surface area (Å²) >= 11 is 12.3. The van der Waals surface area contributed by atoms with Crippen molar-refractivity contribution in [3.8, 4) is 11.5 Å². The number of aromatic nitrogens is 1. The van der Waals surface area contributed by atoms with Crippen LogP contribution in [0.15, 0.2) is 66.7 Å². The molecule has 0 spiro atoms. The second-order valence-electron chi connectivity index (χ2n) is 10.6. The lowest BCUT2D eigenvalue weighted by Crippen LogP contribution is -2.42. The van der Waals surface area contributed by atoms with Crippen LogP contribution in [0.5, 0.6) is 11.5 Å². The monoisotopic (exact) mass is 609 g/mol. The number of ether oxygens (including phenoxy) is 2. The summed E-state index contributed by atoms with van der Waals surface area (Å²) in [5.41, 5.74) is 3.86. The predicted molar refractivity (Wildman–Crippen MR) is 163 cm³/mol. The summed E-state index contributed by atoms with van der Waals surface area (Å²) in [4.78, 5) is 30.4. The number of benzene rings is 3. The highest BCUT2D eigenvalue weighted by Gasteiger charge is 2.35. The summed E-state index contributed by atoms with van der Waals surface area (Å²) in [7, 11) is 0. The van der Waals surface area contributed by atoms with Crippen LogP contribution in [-0.4, -0.2) is 52.8 Å². The van der Waals surface area contributed by atoms with E-state index in [-0.39, 0.29) is 25.0 Å². The number of hydrogen-bond acceptors (Lipinski definition) is 5. The minimum absolute atomic E-state index is 0.0967. The maximum Gasteiger partial charge on any atom is 0.416 e. The number of nitrogens with zero attached hydrogens (tertiary/aromatic N) is 1. The van der Waals surface area contributed by atoms with Gasteiger partial charge in [0.25, 0.3) is 0 Å². The fourth-order valence-electron chi connectivity index (χ4n) is 5.05. The van der Waals surface area contributed by atoms with Gasteiger partial charge in [-0.25, -0.2) is 4.79 Å². The zero-order chi connectivity index (χ0) is 29.8. The topological polar surface area (TPSA) is 104 Å². The molecule has 2 unspecified atom stereocenters. The van der Waals surface area contributed by atoms with Crippen LogP contribution in [0.25, 0.3) is 10.9 Å². The fourth-order valence-corrected chi connectivity index (χ4v) is 5.35. The highest BCUT2D eigenvalue weighted by molar-refractivity contribution is 6.31. The number of amides is 2. The summed E-state index contributed by atoms with van der Waals surface area (Å²) in [6.45, 7) is 4.53. The van der Waals surface area contributed by atoms with E-state index in [0.717, 1.165) is 27.7 Å². The van der Waals surface area contributed by atoms with Crippen LogP contribution in [0.3, 0.4) is 0 Å². The SMILES string of the molecule is CC(C)C(=O)NCC(O)CCOc1ccc(C2c3[nH]c4ccc(Cl)cc4c3CCN2C(=O)Oc2ccc(Cl)cc2)cc1. The van der Waals surface area contributed by atoms with Crippen LogP contribution in [0, 0.1) is 5.92 Å². The van der Waals surface area contributed by atoms with E-state index < -0.39 is 18.2 Å². The number of aliphatic hydroxyl groups is 1. The van der Waals surface area contributed by atoms with E-state index in [0.29, 0.717) is 40.9 Å². The summed E-state index contributed by atoms with van der Waals surface area (Å²) in [6.07, 6.45) is -0.163. The van der Waals surface area contributed by atoms with Gasteiger partial charge in [0.15, 0.2) is 0 Å². The summed E-state index contributed by atoms with van der Waals surface area (Å²) < 4.78 is 11.6. The quantitative estimate of drug-likeness (QED) is 0.200. The number of carbonyl (C=O) groups excluding carboxylic acids is 2. The number of rotatable bonds is 9. The molecule has 0 radical (unpaired) electrons. The molecule has 220 valence electrons. The van der Waals surface area contributed by atoms with E-state index in [4.69, 9.17) is 32.7 Å². The fraction of sp³-hybridized carbons (Fsp3) is 0.312. The maximum absolute atomic E-state index is 13.5. The van der Waals surface area contributed by atoms with E-state index in [1.165, 1.54) is 0 Å². The van der Waals surface area contributed by atoms with E-state index in [9.17, 15) is 14.7 Å². The third kappa shape index (κ3) is 6.84. The van der Waals surface area contributed by atoms with Crippen molar-refractivity contribution >= 4 is 46.1 Å². The first-order chi connectivity index (χ1) is 20.2. The lowest BCUT2D eigenvalue weighted by atomic mass is 9.92. The molecule has 10 heteroatoms. The second-order valence-corrected chi connectivity index (χ2v) is 11.5. The Balaban J connectivity index is 1.34. The van der Waals surface area contributed by atoms with Gasteiger partial charge in [-0.3, -0.25) is 9.69 Å². The van der Waals surface area contributed by atoms with Gasteiger partial charge in [0.05, 0.1) is 12.7 Å². The minimum Gasteiger partial charge on any atom is -0.493 e. The van der Waals surface area contributed by atoms with Crippen LogP contribution in [0.1, 0.15) is 43.1 Å². The van der Waals surface area contributed by atoms with Gasteiger partial charge in [0.1, 0.15) is 17.5 Å². The Labute approximate surface area is 254 Å². The van der Waals surface area contributed by atoms with Gasteiger partial charge < -0.3 is 24.9 Å². The molecule has 4 aromatic rings. The van der Waals surface area contributed by atoms with Crippen LogP contribution in [-0.2, 0) is 11.2 Å². The van der Waals surface area contributed by atoms with Crippen molar-refractivity contribution in [1.29, 1.82) is 0 Å². The number of aliphatic hydroxyl groups excluding tert-OH is 1. The molecule has 0 fully saturated rings. The zero-order valence-corrected chi connectivity index (χ0v) is 24.9. The molecular formula is C32H33Cl2N3O5. The van der Waals surface area contributed by atoms with Gasteiger partial charge in [-0.15, -0.1) is 0 Å². The molecular weight excluding hydrogens is 577 g/mol. The molecule has 0 saturated heterocycles. The molecule has 8 nitrogen and oxygen atoms in total. The average Bonchev–Trinajstić information content (AvgIpc) is 3.34. The number of carbonyl (C=O) groups is 2. The molecule has 0 aliphatic carbocycles. The lowest BCUT2D eigenvalue weighted by molar-refractivity contribution is -0.124. The number of halogens is 2. The minimum atomic E-state index is -0.705. The Hall–Kier alpha value is -3.72. The van der Waals surface area contributed by atoms with Crippen molar-refractivity contribution in [2.45, 2.75) is 38.8 Å². The highest BCUT2D eigenvalue weighted by Crippen LogP contribution is 2.40. The zero-order valence-electron chi connectivity index (χ0n) is 23.4. The van der Waals surface area contributed by atoms with Crippen molar-refractivity contribution in [2.75, 3.05) is 19.7 Å². The van der Waals surface area contributed by atoms with Crippen LogP contribution in [0.4, 0.5) is 4.79 Å². The molecule has 1 aromatic heterocycles. The molecule has 5 rings (SSSR count). The largest absolute Gasteiger partial charge is 0.493 e. The van der Waals surface area contributed by atoms with Gasteiger partial charge >= 0.3 is 6.09 Å². The van der Waals surface area contributed by atoms with Crippen LogP contribution >= 0.6 is 23.2 Å². The van der Waals surface area contributed by atoms with E-state index in [2.05, 4.69) is 10.3 Å². The van der Waals surface area contributed by atoms with Crippen molar-refractivity contribution < 1.29 is 24.2 Å². The molecule has 0 saturated carbocycles. The molecule has 0 bridgehead atoms. The Morgan fingerprint density at radius 2 is 1.71 bits per heavy atom. The molecule has 2 amide bonds. The molecule has 3 aromatic carbocycles. The summed E-state index contributed by atoms with van der Waals surface area (Å²) in [6, 6.07) is 19.5. The van der Waals surface area contributed by atoms with Gasteiger partial charge in [0, 0.05) is 52.1 Å². The van der Waals surface area contributed by atoms with Gasteiger partial charge in [-0.1, -0.05) is 49.2 Å². The maximum atomic E-state index is 13.5. The summed E-state index contributed by atoms with van der Waals surface area (Å²) in [5, 5.41) is 15.2. The Morgan fingerprint density at radius 1 is 1.02 bits per heavy atom. The number of aromatic amines is 1. The molecule has 1 aliphatic rings. The smallest absolute Gasteiger partial charge is 0.416 e. The van der Waals surface area contributed by atoms with Crippen molar-refractivity contribution in [3.63, 3.8) is 0 Å². The first-order valence-corrected chi connectivity index (χ1v) is 14.7. The first kappa shape index (κ1) is 29.8. The highest BCUT2D eigenvalue weighted by atomic mass is 35.5. The summed E-state index contributed by atoms with van der Waals surface area (Å²) in [5.74, 6) is 0.809. The third-order valence-corrected chi connectivity index (χ3v) is 7.78. The molecule has 42 heavy (non-hydrogen) atoms. The van der Waals surface area contributed by atoms with Crippen molar-refractivity contribution in [1.82, 2.24) is 15.2 Å². The number of fused-ring (bicyclic) bond motifs is 3. The predicted octanol–water partition coefficient (Wildman–Crippen LogP) is 6.52. The Kier molecular flexibility index (Phi) is 9.26. The number of H-pyrrole nitrogens is 1. The Bertz CT molecular complexity index is 1550. The van der Waals surface area contributed by atoms with Gasteiger partial charge in [-0.2, -0.15) is 0 Å². The normalized spacial score (nSPS) is 15.4. The standard InChI is InChI=1S/C32H33Cl2N3O5/c1-19(2)31(39)35-18-23(38)14-16-41-24-8-3-20(4-9-24)30-29-26(27-17-22(34)7-12-28(27)36-29)13-15-37(30)32(40)42-25-10-5-21(33)6-11-25/h3-12,17,19,23,30,36,38H,13-16,18H2,1-2H3,(H,35,39). The molecule has 3 N–H and O–H groups in total. The first-order valence-electron chi connectivity index (χ1n) is 13.9. The van der Waals surface area contributed by atoms with Crippen molar-refractivity contribution in [2.24, 2.45) is 5.92 Å². The lowest BCUT2D eigenvalue weighted by Gasteiger charge is -2.35. The molecule has 1 aliphatic heterocycles. The van der Waals surface area contributed by atoms with Crippen molar-refractivity contribution in [3.05, 3.63) is 93.6 Å². The number of hydrogen-bond donors (Lipinski definition) is 3. The van der Waals surface area contributed by atoms with Crippen LogP contribution < -0.4 is 14.8 Å². The van der Waals surface area contributed by atoms with E-state index in [1.54, 1.807) is 43.0 Å². The average molecular weight is 611 g/mol. The van der Waals surface area contributed by atoms with E-state index >= 15 is 0 Å². The number of nitrogens with one attached hydrogen (secondary N) is 2. The second kappa shape index (κ2) is 13.1. The van der Waals surface area contributed by atoms with Gasteiger partial charge in [0.2, 0.25) is 5.91 Å². The Morgan fingerprint density at radius 3 is 2.43 bits per heavy atom. The van der Waals surface area contributed by atoms with Gasteiger partial charge in [-0.05, 0) is 72.1 Å².